The lowest BCUT2D eigenvalue weighted by Crippen LogP contribution is -2.15. The topological polar surface area (TPSA) is 85.6 Å². The number of rotatable bonds is 4. The molecule has 0 unspecified atom stereocenters. The number of thiazole rings is 1. The van der Waals surface area contributed by atoms with Gasteiger partial charge in [-0.3, -0.25) is 4.79 Å². The average Bonchev–Trinajstić information content (AvgIpc) is 3.37. The number of carbonyl (C=O) groups is 1. The minimum Gasteiger partial charge on any atom is -0.307 e. The largest absolute Gasteiger partial charge is 0.307 e. The smallest absolute Gasteiger partial charge is 0.258 e. The van der Waals surface area contributed by atoms with Crippen molar-refractivity contribution in [1.82, 2.24) is 24.7 Å². The van der Waals surface area contributed by atoms with Gasteiger partial charge in [0.05, 0.1) is 27.7 Å². The highest BCUT2D eigenvalue weighted by molar-refractivity contribution is 7.21. The Balaban J connectivity index is 1.38. The van der Waals surface area contributed by atoms with Crippen molar-refractivity contribution in [3.05, 3.63) is 66.1 Å². The maximum Gasteiger partial charge on any atom is 0.258 e. The number of para-hydroxylation sites is 1. The van der Waals surface area contributed by atoms with Gasteiger partial charge in [0.15, 0.2) is 5.65 Å². The first-order valence-electron chi connectivity index (χ1n) is 9.98. The van der Waals surface area contributed by atoms with Crippen LogP contribution in [0.15, 0.2) is 54.9 Å². The van der Waals surface area contributed by atoms with E-state index in [9.17, 15) is 4.79 Å². The minimum absolute atomic E-state index is 0.196. The minimum atomic E-state index is -0.246. The molecule has 0 spiro atoms. The van der Waals surface area contributed by atoms with Crippen molar-refractivity contribution in [2.24, 2.45) is 0 Å². The zero-order chi connectivity index (χ0) is 21.5. The zero-order valence-electron chi connectivity index (χ0n) is 17.3. The highest BCUT2D eigenvalue weighted by atomic mass is 32.1. The molecule has 0 bridgehead atoms. The third-order valence-electron chi connectivity index (χ3n) is 5.04. The van der Waals surface area contributed by atoms with Gasteiger partial charge >= 0.3 is 0 Å². The molecule has 5 aromatic rings. The van der Waals surface area contributed by atoms with E-state index >= 15 is 0 Å². The van der Waals surface area contributed by atoms with Crippen molar-refractivity contribution in [2.75, 3.05) is 5.32 Å². The molecule has 31 heavy (non-hydrogen) atoms. The number of benzene rings is 1. The Labute approximate surface area is 182 Å². The fraction of sp³-hybridized carbons (Fsp3) is 0.174. The molecule has 8 heteroatoms. The highest BCUT2D eigenvalue weighted by Gasteiger charge is 2.16. The van der Waals surface area contributed by atoms with Gasteiger partial charge in [0.25, 0.3) is 5.91 Å². The van der Waals surface area contributed by atoms with Crippen LogP contribution in [0.5, 0.6) is 0 Å². The first-order valence-corrected chi connectivity index (χ1v) is 10.8. The molecular formula is C23H20N6OS. The number of amides is 1. The van der Waals surface area contributed by atoms with E-state index in [-0.39, 0.29) is 11.9 Å². The lowest BCUT2D eigenvalue weighted by Gasteiger charge is -2.09. The maximum absolute atomic E-state index is 12.9. The highest BCUT2D eigenvalue weighted by Crippen LogP contribution is 2.30. The van der Waals surface area contributed by atoms with E-state index < -0.39 is 0 Å². The standard InChI is InChI=1S/C23H20N6OS/c1-13(2)29-21-16(12-25-29)10-17(14(3)26-21)22(30)28-20-9-8-15(11-24-20)23-27-18-6-4-5-7-19(18)31-23/h4-13H,1-3H3,(H,24,28,30). The molecule has 1 amide bonds. The molecule has 1 N–H and O–H groups in total. The van der Waals surface area contributed by atoms with Crippen molar-refractivity contribution in [2.45, 2.75) is 26.8 Å². The third kappa shape index (κ3) is 3.55. The van der Waals surface area contributed by atoms with Gasteiger partial charge < -0.3 is 5.32 Å². The van der Waals surface area contributed by atoms with Gasteiger partial charge in [-0.25, -0.2) is 19.6 Å². The molecule has 5 rings (SSSR count). The van der Waals surface area contributed by atoms with Crippen LogP contribution >= 0.6 is 11.3 Å². The Kier molecular flexibility index (Phi) is 4.71. The summed E-state index contributed by atoms with van der Waals surface area (Å²) >= 11 is 1.62. The number of nitrogens with one attached hydrogen (secondary N) is 1. The lowest BCUT2D eigenvalue weighted by molar-refractivity contribution is 0.102. The molecule has 0 aliphatic rings. The van der Waals surface area contributed by atoms with Crippen LogP contribution < -0.4 is 5.32 Å². The molecule has 0 saturated carbocycles. The van der Waals surface area contributed by atoms with Gasteiger partial charge in [0.2, 0.25) is 0 Å². The van der Waals surface area contributed by atoms with Crippen LogP contribution in [0.2, 0.25) is 0 Å². The summed E-state index contributed by atoms with van der Waals surface area (Å²) in [5, 5.41) is 8.98. The van der Waals surface area contributed by atoms with Crippen LogP contribution in [0, 0.1) is 6.92 Å². The SMILES string of the molecule is Cc1nc2c(cnn2C(C)C)cc1C(=O)Nc1ccc(-c2nc3ccccc3s2)cn1. The average molecular weight is 429 g/mol. The summed E-state index contributed by atoms with van der Waals surface area (Å²) in [5.41, 5.74) is 3.83. The molecule has 7 nitrogen and oxygen atoms in total. The number of aromatic nitrogens is 5. The molecule has 4 aromatic heterocycles. The van der Waals surface area contributed by atoms with Gasteiger partial charge in [0.1, 0.15) is 10.8 Å². The quantitative estimate of drug-likeness (QED) is 0.423. The Hall–Kier alpha value is -3.65. The molecule has 0 radical (unpaired) electrons. The molecular weight excluding hydrogens is 408 g/mol. The van der Waals surface area contributed by atoms with Crippen molar-refractivity contribution >= 4 is 44.3 Å². The van der Waals surface area contributed by atoms with Crippen LogP contribution in [-0.2, 0) is 0 Å². The van der Waals surface area contributed by atoms with E-state index in [1.807, 2.05) is 55.8 Å². The third-order valence-corrected chi connectivity index (χ3v) is 6.12. The molecule has 0 aliphatic carbocycles. The van der Waals surface area contributed by atoms with E-state index in [0.29, 0.717) is 17.1 Å². The Morgan fingerprint density at radius 1 is 1.10 bits per heavy atom. The molecule has 154 valence electrons. The Morgan fingerprint density at radius 2 is 1.94 bits per heavy atom. The van der Waals surface area contributed by atoms with Gasteiger partial charge in [0, 0.05) is 23.2 Å². The number of aryl methyl sites for hydroxylation is 1. The van der Waals surface area contributed by atoms with E-state index in [1.54, 1.807) is 29.8 Å². The molecule has 0 saturated heterocycles. The summed E-state index contributed by atoms with van der Waals surface area (Å²) in [4.78, 5) is 26.5. The van der Waals surface area contributed by atoms with Gasteiger partial charge in [-0.05, 0) is 51.1 Å². The normalized spacial score (nSPS) is 11.5. The van der Waals surface area contributed by atoms with Gasteiger partial charge in [-0.1, -0.05) is 12.1 Å². The van der Waals surface area contributed by atoms with Crippen molar-refractivity contribution in [1.29, 1.82) is 0 Å². The predicted molar refractivity (Wildman–Crippen MR) is 123 cm³/mol. The number of hydrogen-bond donors (Lipinski definition) is 1. The number of fused-ring (bicyclic) bond motifs is 2. The summed E-state index contributed by atoms with van der Waals surface area (Å²) in [6.45, 7) is 5.93. The molecule has 1 aromatic carbocycles. The van der Waals surface area contributed by atoms with Crippen molar-refractivity contribution in [3.63, 3.8) is 0 Å². The van der Waals surface area contributed by atoms with Crippen LogP contribution in [0.3, 0.4) is 0 Å². The molecule has 0 atom stereocenters. The second-order valence-corrected chi connectivity index (χ2v) is 8.62. The molecule has 0 aliphatic heterocycles. The summed E-state index contributed by atoms with van der Waals surface area (Å²) in [5.74, 6) is 0.233. The van der Waals surface area contributed by atoms with Crippen LogP contribution in [0.25, 0.3) is 31.8 Å². The van der Waals surface area contributed by atoms with Crippen LogP contribution in [0.1, 0.15) is 35.9 Å². The summed E-state index contributed by atoms with van der Waals surface area (Å²) in [6, 6.07) is 13.8. The zero-order valence-corrected chi connectivity index (χ0v) is 18.1. The van der Waals surface area contributed by atoms with E-state index in [4.69, 9.17) is 0 Å². The van der Waals surface area contributed by atoms with Crippen LogP contribution in [0.4, 0.5) is 5.82 Å². The molecule has 4 heterocycles. The van der Waals surface area contributed by atoms with Crippen LogP contribution in [-0.4, -0.2) is 30.6 Å². The summed E-state index contributed by atoms with van der Waals surface area (Å²) < 4.78 is 2.99. The monoisotopic (exact) mass is 428 g/mol. The summed E-state index contributed by atoms with van der Waals surface area (Å²) in [6.07, 6.45) is 3.47. The second kappa shape index (κ2) is 7.55. The number of carbonyl (C=O) groups excluding carboxylic acids is 1. The second-order valence-electron chi connectivity index (χ2n) is 7.59. The number of pyridine rings is 2. The summed E-state index contributed by atoms with van der Waals surface area (Å²) in [7, 11) is 0. The number of anilines is 1. The fourth-order valence-electron chi connectivity index (χ4n) is 3.45. The van der Waals surface area contributed by atoms with E-state index in [1.165, 1.54) is 0 Å². The lowest BCUT2D eigenvalue weighted by atomic mass is 10.1. The van der Waals surface area contributed by atoms with E-state index in [0.717, 1.165) is 31.8 Å². The van der Waals surface area contributed by atoms with E-state index in [2.05, 4.69) is 31.4 Å². The predicted octanol–water partition coefficient (Wildman–Crippen LogP) is 5.24. The fourth-order valence-corrected chi connectivity index (χ4v) is 4.40. The number of nitrogens with zero attached hydrogens (tertiary/aromatic N) is 5. The Morgan fingerprint density at radius 3 is 2.68 bits per heavy atom. The van der Waals surface area contributed by atoms with Gasteiger partial charge in [-0.15, -0.1) is 11.3 Å². The molecule has 0 fully saturated rings. The number of hydrogen-bond acceptors (Lipinski definition) is 6. The Bertz CT molecular complexity index is 1380. The first-order chi connectivity index (χ1) is 15.0. The van der Waals surface area contributed by atoms with Crippen molar-refractivity contribution < 1.29 is 4.79 Å². The first kappa shape index (κ1) is 19.3. The maximum atomic E-state index is 12.9. The van der Waals surface area contributed by atoms with Crippen molar-refractivity contribution in [3.8, 4) is 10.6 Å². The van der Waals surface area contributed by atoms with Gasteiger partial charge in [-0.2, -0.15) is 5.10 Å².